The predicted molar refractivity (Wildman–Crippen MR) is 122 cm³/mol. The second kappa shape index (κ2) is 8.69. The Kier molecular flexibility index (Phi) is 5.73. The van der Waals surface area contributed by atoms with Crippen LogP contribution in [0, 0.1) is 0 Å². The Morgan fingerprint density at radius 1 is 1.18 bits per heavy atom. The Bertz CT molecular complexity index is 1110. The molecular weight excluding hydrogens is 427 g/mol. The second-order valence-corrected chi connectivity index (χ2v) is 9.35. The number of rotatable bonds is 5. The third-order valence-electron chi connectivity index (χ3n) is 6.78. The Morgan fingerprint density at radius 2 is 1.97 bits per heavy atom. The van der Waals surface area contributed by atoms with Gasteiger partial charge in [0, 0.05) is 29.8 Å². The molecule has 2 aromatic rings. The molecule has 0 spiro atoms. The van der Waals surface area contributed by atoms with Crippen molar-refractivity contribution in [1.29, 1.82) is 0 Å². The van der Waals surface area contributed by atoms with Gasteiger partial charge in [-0.05, 0) is 52.3 Å². The van der Waals surface area contributed by atoms with E-state index < -0.39 is 12.1 Å². The van der Waals surface area contributed by atoms with Crippen molar-refractivity contribution in [3.05, 3.63) is 17.3 Å². The number of hydrogen-bond acceptors (Lipinski definition) is 8. The molecule has 2 aromatic heterocycles. The first-order valence-corrected chi connectivity index (χ1v) is 11.5. The van der Waals surface area contributed by atoms with Gasteiger partial charge in [-0.2, -0.15) is 19.6 Å². The minimum atomic E-state index is -0.905. The van der Waals surface area contributed by atoms with Crippen molar-refractivity contribution in [1.82, 2.24) is 29.8 Å². The third kappa shape index (κ3) is 4.41. The molecule has 11 heteroatoms. The normalized spacial score (nSPS) is 27.2. The van der Waals surface area contributed by atoms with E-state index in [2.05, 4.69) is 34.7 Å². The maximum atomic E-state index is 14.0. The predicted octanol–water partition coefficient (Wildman–Crippen LogP) is 1.39. The lowest BCUT2D eigenvalue weighted by Crippen LogP contribution is -2.36. The summed E-state index contributed by atoms with van der Waals surface area (Å²) in [7, 11) is 4.23. The number of halogens is 1. The Morgan fingerprint density at radius 3 is 2.61 bits per heavy atom. The SMILES string of the molecule is CN(C)C1CCC(Nc2nc(N3CCC(F)C3)n3ncc(C=C4CC(=O)NC4=O)c3n2)CC1. The number of alkyl halides is 1. The maximum absolute atomic E-state index is 14.0. The molecule has 0 aromatic carbocycles. The summed E-state index contributed by atoms with van der Waals surface area (Å²) >= 11 is 0. The van der Waals surface area contributed by atoms with Crippen LogP contribution in [0.2, 0.25) is 0 Å². The average Bonchev–Trinajstić information content (AvgIpc) is 3.47. The van der Waals surface area contributed by atoms with E-state index in [4.69, 9.17) is 9.97 Å². The summed E-state index contributed by atoms with van der Waals surface area (Å²) in [6.07, 6.45) is 7.05. The van der Waals surface area contributed by atoms with Crippen LogP contribution in [0.4, 0.5) is 16.3 Å². The summed E-state index contributed by atoms with van der Waals surface area (Å²) < 4.78 is 15.6. The number of amides is 2. The highest BCUT2D eigenvalue weighted by Crippen LogP contribution is 2.27. The van der Waals surface area contributed by atoms with Crippen LogP contribution in [0.5, 0.6) is 0 Å². The number of hydrogen-bond donors (Lipinski definition) is 2. The number of fused-ring (bicyclic) bond motifs is 1. The molecule has 1 atom stereocenters. The summed E-state index contributed by atoms with van der Waals surface area (Å²) in [5.41, 5.74) is 1.51. The fourth-order valence-corrected chi connectivity index (χ4v) is 4.88. The zero-order valence-corrected chi connectivity index (χ0v) is 18.9. The molecule has 2 aliphatic heterocycles. The zero-order valence-electron chi connectivity index (χ0n) is 18.9. The number of imide groups is 1. The Balaban J connectivity index is 1.48. The lowest BCUT2D eigenvalue weighted by Gasteiger charge is -2.33. The van der Waals surface area contributed by atoms with Crippen LogP contribution >= 0.6 is 0 Å². The molecule has 0 bridgehead atoms. The van der Waals surface area contributed by atoms with E-state index in [1.54, 1.807) is 16.8 Å². The minimum absolute atomic E-state index is 0.0317. The van der Waals surface area contributed by atoms with Crippen LogP contribution in [-0.2, 0) is 9.59 Å². The van der Waals surface area contributed by atoms with Crippen LogP contribution in [-0.4, -0.2) is 81.7 Å². The van der Waals surface area contributed by atoms with E-state index >= 15 is 0 Å². The monoisotopic (exact) mass is 456 g/mol. The highest BCUT2D eigenvalue weighted by atomic mass is 19.1. The van der Waals surface area contributed by atoms with E-state index in [0.717, 1.165) is 25.7 Å². The van der Waals surface area contributed by atoms with Gasteiger partial charge < -0.3 is 15.1 Å². The molecule has 1 unspecified atom stereocenters. The van der Waals surface area contributed by atoms with Gasteiger partial charge in [-0.3, -0.25) is 14.9 Å². The smallest absolute Gasteiger partial charge is 0.254 e. The molecule has 33 heavy (non-hydrogen) atoms. The number of nitrogens with one attached hydrogen (secondary N) is 2. The fourth-order valence-electron chi connectivity index (χ4n) is 4.88. The number of anilines is 2. The standard InChI is InChI=1S/C22H29FN8O2/c1-29(2)17-5-3-16(4-6-17)25-21-27-19-14(9-13-10-18(32)26-20(13)33)11-24-31(19)22(28-21)30-8-7-15(23)12-30/h9,11,15-17H,3-8,10,12H2,1-2H3,(H,25,27)(H,26,32,33). The van der Waals surface area contributed by atoms with Crippen molar-refractivity contribution >= 4 is 35.4 Å². The van der Waals surface area contributed by atoms with Crippen LogP contribution in [0.3, 0.4) is 0 Å². The maximum Gasteiger partial charge on any atom is 0.254 e. The third-order valence-corrected chi connectivity index (χ3v) is 6.78. The molecule has 2 saturated heterocycles. The van der Waals surface area contributed by atoms with Crippen molar-refractivity contribution in [2.24, 2.45) is 0 Å². The Hall–Kier alpha value is -3.08. The molecular formula is C22H29FN8O2. The van der Waals surface area contributed by atoms with Gasteiger partial charge in [-0.15, -0.1) is 0 Å². The molecule has 4 heterocycles. The summed E-state index contributed by atoms with van der Waals surface area (Å²) in [4.78, 5) is 37.2. The van der Waals surface area contributed by atoms with Gasteiger partial charge in [0.15, 0.2) is 5.65 Å². The zero-order chi connectivity index (χ0) is 23.1. The molecule has 0 radical (unpaired) electrons. The van der Waals surface area contributed by atoms with Crippen molar-refractivity contribution in [3.63, 3.8) is 0 Å². The van der Waals surface area contributed by atoms with Crippen LogP contribution in [0.15, 0.2) is 11.8 Å². The van der Waals surface area contributed by atoms with Gasteiger partial charge in [0.05, 0.1) is 19.2 Å². The van der Waals surface area contributed by atoms with Gasteiger partial charge in [0.2, 0.25) is 17.8 Å². The number of aromatic nitrogens is 4. The molecule has 1 aliphatic carbocycles. The summed E-state index contributed by atoms with van der Waals surface area (Å²) in [6.45, 7) is 0.806. The first-order chi connectivity index (χ1) is 15.9. The fraction of sp³-hybridized carbons (Fsp3) is 0.591. The van der Waals surface area contributed by atoms with Crippen LogP contribution in [0.1, 0.15) is 44.1 Å². The minimum Gasteiger partial charge on any atom is -0.351 e. The largest absolute Gasteiger partial charge is 0.351 e. The van der Waals surface area contributed by atoms with E-state index in [1.165, 1.54) is 0 Å². The van der Waals surface area contributed by atoms with Crippen molar-refractivity contribution in [3.8, 4) is 0 Å². The van der Waals surface area contributed by atoms with Gasteiger partial charge in [0.1, 0.15) is 6.17 Å². The molecule has 3 fully saturated rings. The van der Waals surface area contributed by atoms with E-state index in [9.17, 15) is 14.0 Å². The average molecular weight is 457 g/mol. The van der Waals surface area contributed by atoms with Gasteiger partial charge >= 0.3 is 0 Å². The lowest BCUT2D eigenvalue weighted by molar-refractivity contribution is -0.124. The molecule has 5 rings (SSSR count). The van der Waals surface area contributed by atoms with Crippen LogP contribution in [0.25, 0.3) is 11.7 Å². The van der Waals surface area contributed by atoms with E-state index in [1.807, 2.05) is 4.90 Å². The highest BCUT2D eigenvalue weighted by molar-refractivity contribution is 6.15. The van der Waals surface area contributed by atoms with Gasteiger partial charge in [-0.25, -0.2) is 4.39 Å². The molecule has 3 aliphatic rings. The summed E-state index contributed by atoms with van der Waals surface area (Å²) in [5.74, 6) is 0.283. The number of nitrogens with zero attached hydrogens (tertiary/aromatic N) is 6. The quantitative estimate of drug-likeness (QED) is 0.513. The van der Waals surface area contributed by atoms with Crippen LogP contribution < -0.4 is 15.5 Å². The number of carbonyl (C=O) groups excluding carboxylic acids is 2. The van der Waals surface area contributed by atoms with E-state index in [-0.39, 0.29) is 24.9 Å². The van der Waals surface area contributed by atoms with Crippen molar-refractivity contribution in [2.45, 2.75) is 56.8 Å². The first-order valence-electron chi connectivity index (χ1n) is 11.5. The first kappa shape index (κ1) is 21.7. The molecule has 2 N–H and O–H groups in total. The molecule has 1 saturated carbocycles. The van der Waals surface area contributed by atoms with Crippen molar-refractivity contribution in [2.75, 3.05) is 37.4 Å². The molecule has 10 nitrogen and oxygen atoms in total. The highest BCUT2D eigenvalue weighted by Gasteiger charge is 2.29. The molecule has 2 amide bonds. The number of carbonyl (C=O) groups is 2. The molecule has 176 valence electrons. The van der Waals surface area contributed by atoms with Gasteiger partial charge in [-0.1, -0.05) is 0 Å². The second-order valence-electron chi connectivity index (χ2n) is 9.35. The van der Waals surface area contributed by atoms with E-state index in [0.29, 0.717) is 47.7 Å². The topological polar surface area (TPSA) is 108 Å². The van der Waals surface area contributed by atoms with Gasteiger partial charge in [0.25, 0.3) is 5.91 Å². The Labute approximate surface area is 191 Å². The van der Waals surface area contributed by atoms with Crippen molar-refractivity contribution < 1.29 is 14.0 Å². The summed E-state index contributed by atoms with van der Waals surface area (Å²) in [6, 6.07) is 0.841. The summed E-state index contributed by atoms with van der Waals surface area (Å²) in [5, 5.41) is 10.2. The lowest BCUT2D eigenvalue weighted by atomic mass is 9.91.